The molecule has 0 aliphatic carbocycles. The normalized spacial score (nSPS) is 19.3. The first-order valence-electron chi connectivity index (χ1n) is 9.97. The second kappa shape index (κ2) is 8.10. The van der Waals surface area contributed by atoms with Crippen molar-refractivity contribution in [2.24, 2.45) is 0 Å². The lowest BCUT2D eigenvalue weighted by Gasteiger charge is -2.42. The molecular weight excluding hydrogens is 459 g/mol. The highest BCUT2D eigenvalue weighted by atomic mass is 35.5. The summed E-state index contributed by atoms with van der Waals surface area (Å²) in [5, 5.41) is 32.3. The van der Waals surface area contributed by atoms with E-state index in [2.05, 4.69) is 0 Å². The van der Waals surface area contributed by atoms with E-state index >= 15 is 0 Å². The highest BCUT2D eigenvalue weighted by Gasteiger charge is 2.64. The molecule has 1 saturated heterocycles. The van der Waals surface area contributed by atoms with Crippen LogP contribution in [0.15, 0.2) is 66.7 Å². The third kappa shape index (κ3) is 3.50. The van der Waals surface area contributed by atoms with E-state index in [0.29, 0.717) is 21.4 Å². The van der Waals surface area contributed by atoms with Crippen LogP contribution < -0.4 is 9.80 Å². The summed E-state index contributed by atoms with van der Waals surface area (Å²) in [6.07, 6.45) is 0. The standard InChI is InChI=1S/C25H18Cl2N4O2/c1-24(2)25(33,18-12-16(14-28)11-17(13-18)15-29)31(22-9-5-20(27)6-10-22)23(32)30(24)21-7-3-19(26)4-8-21/h3-13,33H,1-2H3. The van der Waals surface area contributed by atoms with Crippen LogP contribution in [0.1, 0.15) is 30.5 Å². The van der Waals surface area contributed by atoms with Gasteiger partial charge in [0, 0.05) is 27.0 Å². The van der Waals surface area contributed by atoms with Crippen LogP contribution in [0.2, 0.25) is 10.0 Å². The summed E-state index contributed by atoms with van der Waals surface area (Å²) in [4.78, 5) is 16.6. The van der Waals surface area contributed by atoms with E-state index in [1.165, 1.54) is 28.0 Å². The third-order valence-corrected chi connectivity index (χ3v) is 6.39. The monoisotopic (exact) mass is 476 g/mol. The quantitative estimate of drug-likeness (QED) is 0.516. The molecule has 3 aromatic rings. The smallest absolute Gasteiger partial charge is 0.332 e. The van der Waals surface area contributed by atoms with Gasteiger partial charge in [0.05, 0.1) is 28.8 Å². The van der Waals surface area contributed by atoms with E-state index in [9.17, 15) is 20.4 Å². The fourth-order valence-corrected chi connectivity index (χ4v) is 4.51. The molecular formula is C25H18Cl2N4O2. The zero-order valence-corrected chi connectivity index (χ0v) is 19.3. The van der Waals surface area contributed by atoms with Gasteiger partial charge in [-0.1, -0.05) is 23.2 Å². The number of hydrogen-bond acceptors (Lipinski definition) is 4. The average molecular weight is 477 g/mol. The molecule has 1 aliphatic heterocycles. The minimum atomic E-state index is -1.95. The Hall–Kier alpha value is -3.55. The first-order chi connectivity index (χ1) is 15.6. The molecule has 1 atom stereocenters. The number of nitrogens with zero attached hydrogens (tertiary/aromatic N) is 4. The molecule has 164 valence electrons. The van der Waals surface area contributed by atoms with Gasteiger partial charge in [0.1, 0.15) is 0 Å². The molecule has 0 saturated carbocycles. The van der Waals surface area contributed by atoms with Gasteiger partial charge in [0.15, 0.2) is 5.72 Å². The van der Waals surface area contributed by atoms with Crippen molar-refractivity contribution in [1.82, 2.24) is 0 Å². The average Bonchev–Trinajstić information content (AvgIpc) is 2.96. The maximum absolute atomic E-state index is 13.9. The van der Waals surface area contributed by atoms with Crippen molar-refractivity contribution in [3.05, 3.63) is 93.5 Å². The summed E-state index contributed by atoms with van der Waals surface area (Å²) in [5.41, 5.74) is -1.63. The number of carbonyl (C=O) groups excluding carboxylic acids is 1. The Kier molecular flexibility index (Phi) is 5.56. The third-order valence-electron chi connectivity index (χ3n) is 5.88. The van der Waals surface area contributed by atoms with E-state index in [-0.39, 0.29) is 16.7 Å². The van der Waals surface area contributed by atoms with Gasteiger partial charge in [-0.05, 0) is 80.6 Å². The van der Waals surface area contributed by atoms with Crippen LogP contribution >= 0.6 is 23.2 Å². The molecule has 8 heteroatoms. The highest BCUT2D eigenvalue weighted by Crippen LogP contribution is 2.51. The number of hydrogen-bond donors (Lipinski definition) is 1. The lowest BCUT2D eigenvalue weighted by atomic mass is 9.82. The van der Waals surface area contributed by atoms with E-state index in [4.69, 9.17) is 23.2 Å². The van der Waals surface area contributed by atoms with Gasteiger partial charge in [-0.25, -0.2) is 4.79 Å². The molecule has 0 aromatic heterocycles. The fraction of sp³-hybridized carbons (Fsp3) is 0.160. The molecule has 1 unspecified atom stereocenters. The molecule has 0 spiro atoms. The Bertz CT molecular complexity index is 1290. The first kappa shape index (κ1) is 22.6. The number of benzene rings is 3. The van der Waals surface area contributed by atoms with Gasteiger partial charge in [-0.2, -0.15) is 10.5 Å². The molecule has 1 heterocycles. The molecule has 6 nitrogen and oxygen atoms in total. The number of halogens is 2. The largest absolute Gasteiger partial charge is 0.365 e. The summed E-state index contributed by atoms with van der Waals surface area (Å²) >= 11 is 12.1. The van der Waals surface area contributed by atoms with Crippen molar-refractivity contribution in [2.75, 3.05) is 9.80 Å². The minimum Gasteiger partial charge on any atom is -0.365 e. The van der Waals surface area contributed by atoms with Crippen molar-refractivity contribution in [1.29, 1.82) is 10.5 Å². The van der Waals surface area contributed by atoms with Crippen LogP contribution in [0.25, 0.3) is 0 Å². The zero-order valence-electron chi connectivity index (χ0n) is 17.8. The van der Waals surface area contributed by atoms with Gasteiger partial charge >= 0.3 is 6.03 Å². The topological polar surface area (TPSA) is 91.4 Å². The Labute approximate surface area is 201 Å². The van der Waals surface area contributed by atoms with Crippen molar-refractivity contribution in [3.8, 4) is 12.1 Å². The summed E-state index contributed by atoms with van der Waals surface area (Å²) in [6.45, 7) is 3.45. The summed E-state index contributed by atoms with van der Waals surface area (Å²) < 4.78 is 0. The van der Waals surface area contributed by atoms with Crippen LogP contribution in [0.3, 0.4) is 0 Å². The van der Waals surface area contributed by atoms with Crippen LogP contribution in [0, 0.1) is 22.7 Å². The Balaban J connectivity index is 2.02. The van der Waals surface area contributed by atoms with Crippen molar-refractivity contribution in [3.63, 3.8) is 0 Å². The lowest BCUT2D eigenvalue weighted by molar-refractivity contribution is -0.00251. The number of nitriles is 2. The van der Waals surface area contributed by atoms with Crippen molar-refractivity contribution >= 4 is 40.6 Å². The number of amides is 2. The maximum Gasteiger partial charge on any atom is 0.332 e. The fourth-order valence-electron chi connectivity index (χ4n) is 4.26. The van der Waals surface area contributed by atoms with Crippen molar-refractivity contribution < 1.29 is 9.90 Å². The number of anilines is 2. The molecule has 33 heavy (non-hydrogen) atoms. The summed E-state index contributed by atoms with van der Waals surface area (Å²) in [6, 6.07) is 21.2. The predicted octanol–water partition coefficient (Wildman–Crippen LogP) is 5.81. The highest BCUT2D eigenvalue weighted by molar-refractivity contribution is 6.31. The van der Waals surface area contributed by atoms with Gasteiger partial charge in [0.25, 0.3) is 0 Å². The number of rotatable bonds is 3. The lowest BCUT2D eigenvalue weighted by Crippen LogP contribution is -2.56. The van der Waals surface area contributed by atoms with Gasteiger partial charge in [-0.3, -0.25) is 9.80 Å². The summed E-state index contributed by atoms with van der Waals surface area (Å²) in [7, 11) is 0. The molecule has 1 fully saturated rings. The molecule has 0 bridgehead atoms. The molecule has 3 aromatic carbocycles. The zero-order chi connectivity index (χ0) is 24.0. The minimum absolute atomic E-state index is 0.196. The first-order valence-corrected chi connectivity index (χ1v) is 10.7. The van der Waals surface area contributed by atoms with E-state index in [1.54, 1.807) is 62.4 Å². The van der Waals surface area contributed by atoms with Crippen LogP contribution in [0.5, 0.6) is 0 Å². The SMILES string of the molecule is CC1(C)N(c2ccc(Cl)cc2)C(=O)N(c2ccc(Cl)cc2)C1(O)c1cc(C#N)cc(C#N)c1. The Morgan fingerprint density at radius 3 is 1.64 bits per heavy atom. The Morgan fingerprint density at radius 1 is 0.788 bits per heavy atom. The molecule has 4 rings (SSSR count). The van der Waals surface area contributed by atoms with Crippen LogP contribution in [0.4, 0.5) is 16.2 Å². The second-order valence-electron chi connectivity index (χ2n) is 8.16. The number of carbonyl (C=O) groups is 1. The van der Waals surface area contributed by atoms with Gasteiger partial charge in [-0.15, -0.1) is 0 Å². The van der Waals surface area contributed by atoms with E-state index < -0.39 is 17.3 Å². The molecule has 1 N–H and O–H groups in total. The molecule has 0 radical (unpaired) electrons. The van der Waals surface area contributed by atoms with Gasteiger partial charge < -0.3 is 5.11 Å². The van der Waals surface area contributed by atoms with E-state index in [1.807, 2.05) is 12.1 Å². The Morgan fingerprint density at radius 2 is 1.21 bits per heavy atom. The second-order valence-corrected chi connectivity index (χ2v) is 9.03. The maximum atomic E-state index is 13.9. The van der Waals surface area contributed by atoms with Gasteiger partial charge in [0.2, 0.25) is 0 Å². The molecule has 2 amide bonds. The number of urea groups is 1. The molecule has 1 aliphatic rings. The van der Waals surface area contributed by atoms with Crippen LogP contribution in [-0.4, -0.2) is 16.7 Å². The van der Waals surface area contributed by atoms with Crippen molar-refractivity contribution in [2.45, 2.75) is 25.1 Å². The summed E-state index contributed by atoms with van der Waals surface area (Å²) in [5.74, 6) is 0. The van der Waals surface area contributed by atoms with E-state index in [0.717, 1.165) is 0 Å². The predicted molar refractivity (Wildman–Crippen MR) is 127 cm³/mol. The van der Waals surface area contributed by atoms with Crippen LogP contribution in [-0.2, 0) is 5.72 Å². The number of aliphatic hydroxyl groups is 1.